The lowest BCUT2D eigenvalue weighted by Crippen LogP contribution is -2.35. The van der Waals surface area contributed by atoms with Crippen LogP contribution in [0.2, 0.25) is 0 Å². The number of piperidine rings is 1. The molecule has 1 saturated carbocycles. The molecule has 1 aliphatic heterocycles. The van der Waals surface area contributed by atoms with Crippen molar-refractivity contribution in [3.8, 4) is 0 Å². The Bertz CT molecular complexity index is 957. The highest BCUT2D eigenvalue weighted by Crippen LogP contribution is 2.25. The number of rotatable bonds is 6. The van der Waals surface area contributed by atoms with Gasteiger partial charge < -0.3 is 9.88 Å². The minimum atomic E-state index is -3.47. The third-order valence-corrected chi connectivity index (χ3v) is 7.31. The van der Waals surface area contributed by atoms with Crippen LogP contribution in [0.1, 0.15) is 44.3 Å². The van der Waals surface area contributed by atoms with Gasteiger partial charge >= 0.3 is 0 Å². The summed E-state index contributed by atoms with van der Waals surface area (Å²) in [6.45, 7) is 1.17. The van der Waals surface area contributed by atoms with Crippen molar-refractivity contribution in [2.24, 2.45) is 7.05 Å². The predicted molar refractivity (Wildman–Crippen MR) is 103 cm³/mol. The number of imidazole rings is 1. The number of fused-ring (bicyclic) bond motifs is 1. The number of carbonyl (C=O) groups is 1. The van der Waals surface area contributed by atoms with E-state index < -0.39 is 10.0 Å². The molecule has 7 nitrogen and oxygen atoms in total. The number of hydrogen-bond donors (Lipinski definition) is 1. The number of hydrogen-bond acceptors (Lipinski definition) is 4. The molecule has 1 amide bonds. The van der Waals surface area contributed by atoms with E-state index in [0.29, 0.717) is 42.4 Å². The lowest BCUT2D eigenvalue weighted by molar-refractivity contribution is -0.121. The Labute approximate surface area is 159 Å². The quantitative estimate of drug-likeness (QED) is 0.817. The standard InChI is InChI=1S/C19H26N4O3S/c1-22-17-8-7-15(27(25,26)23-11-3-2-4-12-23)13-16(17)21-18(22)9-10-19(24)20-14-5-6-14/h7-8,13-14H,2-6,9-12H2,1H3,(H,20,24). The summed E-state index contributed by atoms with van der Waals surface area (Å²) in [5.74, 6) is 0.849. The maximum absolute atomic E-state index is 12.9. The van der Waals surface area contributed by atoms with Gasteiger partial charge in [0.1, 0.15) is 5.82 Å². The Morgan fingerprint density at radius 2 is 1.96 bits per heavy atom. The third kappa shape index (κ3) is 3.87. The summed E-state index contributed by atoms with van der Waals surface area (Å²) in [6, 6.07) is 5.50. The van der Waals surface area contributed by atoms with Crippen molar-refractivity contribution in [3.05, 3.63) is 24.0 Å². The fraction of sp³-hybridized carbons (Fsp3) is 0.579. The third-order valence-electron chi connectivity index (χ3n) is 5.42. The van der Waals surface area contributed by atoms with E-state index in [0.717, 1.165) is 43.4 Å². The largest absolute Gasteiger partial charge is 0.353 e. The van der Waals surface area contributed by atoms with Crippen LogP contribution >= 0.6 is 0 Å². The van der Waals surface area contributed by atoms with Crippen LogP contribution in [0.25, 0.3) is 11.0 Å². The molecule has 1 aromatic heterocycles. The van der Waals surface area contributed by atoms with Crippen molar-refractivity contribution in [1.82, 2.24) is 19.2 Å². The topological polar surface area (TPSA) is 84.3 Å². The molecule has 146 valence electrons. The second-order valence-corrected chi connectivity index (χ2v) is 9.48. The first-order valence-electron chi connectivity index (χ1n) is 9.70. The summed E-state index contributed by atoms with van der Waals surface area (Å²) in [7, 11) is -1.56. The van der Waals surface area contributed by atoms with E-state index in [1.165, 1.54) is 0 Å². The Morgan fingerprint density at radius 1 is 1.22 bits per heavy atom. The summed E-state index contributed by atoms with van der Waals surface area (Å²) in [5, 5.41) is 2.98. The van der Waals surface area contributed by atoms with Gasteiger partial charge in [0.2, 0.25) is 15.9 Å². The van der Waals surface area contributed by atoms with Gasteiger partial charge in [0.05, 0.1) is 15.9 Å². The molecular weight excluding hydrogens is 364 g/mol. The number of nitrogens with zero attached hydrogens (tertiary/aromatic N) is 3. The van der Waals surface area contributed by atoms with E-state index in [1.54, 1.807) is 16.4 Å². The van der Waals surface area contributed by atoms with Crippen molar-refractivity contribution in [1.29, 1.82) is 0 Å². The molecule has 0 bridgehead atoms. The van der Waals surface area contributed by atoms with Crippen LogP contribution in [0.3, 0.4) is 0 Å². The lowest BCUT2D eigenvalue weighted by Gasteiger charge is -2.25. The van der Waals surface area contributed by atoms with Crippen LogP contribution < -0.4 is 5.32 Å². The van der Waals surface area contributed by atoms with Gasteiger partial charge in [-0.1, -0.05) is 6.42 Å². The van der Waals surface area contributed by atoms with Crippen molar-refractivity contribution in [3.63, 3.8) is 0 Å². The van der Waals surface area contributed by atoms with Crippen molar-refractivity contribution < 1.29 is 13.2 Å². The molecule has 2 heterocycles. The van der Waals surface area contributed by atoms with E-state index in [1.807, 2.05) is 17.7 Å². The maximum Gasteiger partial charge on any atom is 0.243 e. The number of benzene rings is 1. The molecule has 0 spiro atoms. The minimum absolute atomic E-state index is 0.0536. The summed E-state index contributed by atoms with van der Waals surface area (Å²) < 4.78 is 29.3. The molecule has 1 aromatic carbocycles. The Hall–Kier alpha value is -1.93. The highest BCUT2D eigenvalue weighted by Gasteiger charge is 2.27. The van der Waals surface area contributed by atoms with E-state index in [9.17, 15) is 13.2 Å². The van der Waals surface area contributed by atoms with E-state index in [2.05, 4.69) is 10.3 Å². The molecule has 2 aliphatic rings. The smallest absolute Gasteiger partial charge is 0.243 e. The molecule has 27 heavy (non-hydrogen) atoms. The molecular formula is C19H26N4O3S. The number of nitrogens with one attached hydrogen (secondary N) is 1. The number of aryl methyl sites for hydroxylation is 2. The van der Waals surface area contributed by atoms with E-state index in [-0.39, 0.29) is 5.91 Å². The maximum atomic E-state index is 12.9. The van der Waals surface area contributed by atoms with Gasteiger partial charge in [-0.2, -0.15) is 4.31 Å². The summed E-state index contributed by atoms with van der Waals surface area (Å²) in [4.78, 5) is 16.8. The zero-order valence-electron chi connectivity index (χ0n) is 15.6. The Morgan fingerprint density at radius 3 is 2.67 bits per heavy atom. The molecule has 4 rings (SSSR count). The molecule has 1 N–H and O–H groups in total. The molecule has 8 heteroatoms. The van der Waals surface area contributed by atoms with Crippen molar-refractivity contribution in [2.45, 2.75) is 55.9 Å². The van der Waals surface area contributed by atoms with Gasteiger partial charge in [0.25, 0.3) is 0 Å². The molecule has 1 saturated heterocycles. The molecule has 1 aliphatic carbocycles. The zero-order valence-corrected chi connectivity index (χ0v) is 16.5. The van der Waals surface area contributed by atoms with E-state index >= 15 is 0 Å². The molecule has 0 radical (unpaired) electrons. The second kappa shape index (κ2) is 7.24. The van der Waals surface area contributed by atoms with Gasteiger partial charge in [-0.15, -0.1) is 0 Å². The van der Waals surface area contributed by atoms with Gasteiger partial charge in [-0.05, 0) is 43.9 Å². The van der Waals surface area contributed by atoms with Gasteiger partial charge in [-0.3, -0.25) is 4.79 Å². The van der Waals surface area contributed by atoms with Gasteiger partial charge in [0, 0.05) is 39.0 Å². The first kappa shape index (κ1) is 18.4. The van der Waals surface area contributed by atoms with Crippen LogP contribution in [-0.2, 0) is 28.3 Å². The van der Waals surface area contributed by atoms with Crippen LogP contribution in [-0.4, -0.2) is 47.3 Å². The number of amides is 1. The van der Waals surface area contributed by atoms with Crippen LogP contribution in [0.5, 0.6) is 0 Å². The molecule has 0 atom stereocenters. The Balaban J connectivity index is 1.54. The fourth-order valence-corrected chi connectivity index (χ4v) is 5.16. The molecule has 2 aromatic rings. The average molecular weight is 391 g/mol. The van der Waals surface area contributed by atoms with Crippen molar-refractivity contribution >= 4 is 27.0 Å². The fourth-order valence-electron chi connectivity index (χ4n) is 3.62. The molecule has 2 fully saturated rings. The van der Waals surface area contributed by atoms with Gasteiger partial charge in [-0.25, -0.2) is 13.4 Å². The average Bonchev–Trinajstić information content (AvgIpc) is 3.43. The first-order chi connectivity index (χ1) is 12.9. The number of aromatic nitrogens is 2. The highest BCUT2D eigenvalue weighted by atomic mass is 32.2. The predicted octanol–water partition coefficient (Wildman–Crippen LogP) is 1.96. The summed E-state index contributed by atoms with van der Waals surface area (Å²) in [6.07, 6.45) is 6.00. The molecule has 0 unspecified atom stereocenters. The zero-order chi connectivity index (χ0) is 19.0. The lowest BCUT2D eigenvalue weighted by atomic mass is 10.2. The minimum Gasteiger partial charge on any atom is -0.353 e. The Kier molecular flexibility index (Phi) is 4.94. The monoisotopic (exact) mass is 390 g/mol. The summed E-state index contributed by atoms with van der Waals surface area (Å²) >= 11 is 0. The number of carbonyl (C=O) groups excluding carboxylic acids is 1. The second-order valence-electron chi connectivity index (χ2n) is 7.54. The first-order valence-corrected chi connectivity index (χ1v) is 11.1. The SMILES string of the molecule is Cn1c(CCC(=O)NC2CC2)nc2cc(S(=O)(=O)N3CCCCC3)ccc21. The highest BCUT2D eigenvalue weighted by molar-refractivity contribution is 7.89. The van der Waals surface area contributed by atoms with Gasteiger partial charge in [0.15, 0.2) is 0 Å². The van der Waals surface area contributed by atoms with E-state index in [4.69, 9.17) is 0 Å². The number of sulfonamides is 1. The van der Waals surface area contributed by atoms with Crippen molar-refractivity contribution in [2.75, 3.05) is 13.1 Å². The van der Waals surface area contributed by atoms with Crippen LogP contribution in [0, 0.1) is 0 Å². The normalized spacial score (nSPS) is 18.7. The summed E-state index contributed by atoms with van der Waals surface area (Å²) in [5.41, 5.74) is 1.54. The van der Waals surface area contributed by atoms with Crippen LogP contribution in [0.15, 0.2) is 23.1 Å². The van der Waals surface area contributed by atoms with Crippen LogP contribution in [0.4, 0.5) is 0 Å².